The fourth-order valence-electron chi connectivity index (χ4n) is 4.26. The second-order valence-electron chi connectivity index (χ2n) is 8.54. The number of para-hydroxylation sites is 2. The smallest absolute Gasteiger partial charge is 0.293 e. The van der Waals surface area contributed by atoms with E-state index in [1.165, 1.54) is 0 Å². The summed E-state index contributed by atoms with van der Waals surface area (Å²) >= 11 is 0.899. The molecule has 7 nitrogen and oxygen atoms in total. The lowest BCUT2D eigenvalue weighted by atomic mass is 10.1. The number of carbonyl (C=O) groups excluding carboxylic acids is 3. The number of aromatic nitrogens is 1. The van der Waals surface area contributed by atoms with E-state index in [0.717, 1.165) is 27.8 Å². The van der Waals surface area contributed by atoms with E-state index >= 15 is 0 Å². The normalized spacial score (nSPS) is 14.8. The monoisotopic (exact) mass is 497 g/mol. The van der Waals surface area contributed by atoms with E-state index in [9.17, 15) is 19.2 Å². The van der Waals surface area contributed by atoms with Gasteiger partial charge in [-0.15, -0.1) is 0 Å². The third kappa shape index (κ3) is 4.55. The maximum absolute atomic E-state index is 12.9. The number of nitrogens with one attached hydrogen (secondary N) is 1. The summed E-state index contributed by atoms with van der Waals surface area (Å²) in [6.07, 6.45) is 1.70. The SMILES string of the molecule is Cc1ccc(/C=C2\SC(=O)N(CCNC(=O)Cn3c4ccccc4c(=O)c4ccccc43)C2=O)cc1. The van der Waals surface area contributed by atoms with E-state index in [1.54, 1.807) is 30.3 Å². The Labute approximate surface area is 211 Å². The number of aryl methyl sites for hydroxylation is 1. The van der Waals surface area contributed by atoms with Crippen LogP contribution in [0.1, 0.15) is 11.1 Å². The predicted octanol–water partition coefficient (Wildman–Crippen LogP) is 4.32. The van der Waals surface area contributed by atoms with Crippen LogP contribution in [0.4, 0.5) is 4.79 Å². The van der Waals surface area contributed by atoms with Crippen LogP contribution in [-0.4, -0.2) is 39.6 Å². The van der Waals surface area contributed by atoms with Crippen LogP contribution in [0.15, 0.2) is 82.5 Å². The van der Waals surface area contributed by atoms with Gasteiger partial charge in [-0.2, -0.15) is 0 Å². The van der Waals surface area contributed by atoms with Gasteiger partial charge in [-0.25, -0.2) is 0 Å². The fourth-order valence-corrected chi connectivity index (χ4v) is 5.13. The van der Waals surface area contributed by atoms with Crippen molar-refractivity contribution in [2.24, 2.45) is 0 Å². The third-order valence-electron chi connectivity index (χ3n) is 6.09. The summed E-state index contributed by atoms with van der Waals surface area (Å²) in [7, 11) is 0. The Hall–Kier alpha value is -4.17. The summed E-state index contributed by atoms with van der Waals surface area (Å²) in [5.74, 6) is -0.645. The van der Waals surface area contributed by atoms with Gasteiger partial charge < -0.3 is 9.88 Å². The largest absolute Gasteiger partial charge is 0.353 e. The summed E-state index contributed by atoms with van der Waals surface area (Å²) in [5.41, 5.74) is 3.22. The first-order chi connectivity index (χ1) is 17.4. The Morgan fingerprint density at radius 3 is 2.14 bits per heavy atom. The van der Waals surface area contributed by atoms with Crippen molar-refractivity contribution in [3.05, 3.63) is 99.1 Å². The minimum absolute atomic E-state index is 0.00345. The van der Waals surface area contributed by atoms with Gasteiger partial charge in [0.25, 0.3) is 11.1 Å². The Bertz CT molecular complexity index is 1550. The molecule has 1 N–H and O–H groups in total. The molecule has 0 saturated carbocycles. The van der Waals surface area contributed by atoms with E-state index < -0.39 is 0 Å². The number of fused-ring (bicyclic) bond motifs is 2. The molecule has 1 aliphatic rings. The Morgan fingerprint density at radius 2 is 1.50 bits per heavy atom. The molecule has 5 rings (SSSR count). The van der Waals surface area contributed by atoms with Gasteiger partial charge in [0.15, 0.2) is 5.43 Å². The lowest BCUT2D eigenvalue weighted by Crippen LogP contribution is -2.38. The molecule has 0 radical (unpaired) electrons. The highest BCUT2D eigenvalue weighted by Gasteiger charge is 2.34. The van der Waals surface area contributed by atoms with Crippen LogP contribution < -0.4 is 10.7 Å². The average molecular weight is 498 g/mol. The van der Waals surface area contributed by atoms with Crippen LogP contribution >= 0.6 is 11.8 Å². The maximum Gasteiger partial charge on any atom is 0.293 e. The minimum Gasteiger partial charge on any atom is -0.353 e. The van der Waals surface area contributed by atoms with Crippen molar-refractivity contribution >= 4 is 56.7 Å². The van der Waals surface area contributed by atoms with E-state index in [2.05, 4.69) is 5.32 Å². The number of carbonyl (C=O) groups is 3. The van der Waals surface area contributed by atoms with Crippen LogP contribution in [0.2, 0.25) is 0 Å². The van der Waals surface area contributed by atoms with Gasteiger partial charge in [0.05, 0.1) is 15.9 Å². The van der Waals surface area contributed by atoms with E-state index in [0.29, 0.717) is 26.7 Å². The first-order valence-electron chi connectivity index (χ1n) is 11.5. The van der Waals surface area contributed by atoms with Gasteiger partial charge in [-0.05, 0) is 54.6 Å². The third-order valence-corrected chi connectivity index (χ3v) is 6.99. The zero-order chi connectivity index (χ0) is 25.2. The molecule has 2 heterocycles. The van der Waals surface area contributed by atoms with Crippen LogP contribution in [0.5, 0.6) is 0 Å². The zero-order valence-electron chi connectivity index (χ0n) is 19.6. The molecule has 180 valence electrons. The quantitative estimate of drug-likeness (QED) is 0.317. The Balaban J connectivity index is 1.28. The van der Waals surface area contributed by atoms with Crippen molar-refractivity contribution in [3.63, 3.8) is 0 Å². The second kappa shape index (κ2) is 9.83. The van der Waals surface area contributed by atoms with Crippen molar-refractivity contribution in [3.8, 4) is 0 Å². The van der Waals surface area contributed by atoms with Crippen LogP contribution in [0, 0.1) is 6.92 Å². The molecule has 0 bridgehead atoms. The second-order valence-corrected chi connectivity index (χ2v) is 9.54. The van der Waals surface area contributed by atoms with E-state index in [1.807, 2.05) is 60.0 Å². The van der Waals surface area contributed by atoms with Gasteiger partial charge >= 0.3 is 0 Å². The van der Waals surface area contributed by atoms with Gasteiger partial charge in [0.1, 0.15) is 6.54 Å². The van der Waals surface area contributed by atoms with Crippen molar-refractivity contribution in [2.75, 3.05) is 13.1 Å². The number of amides is 3. The molecule has 1 aliphatic heterocycles. The molecule has 1 aromatic heterocycles. The van der Waals surface area contributed by atoms with Gasteiger partial charge in [-0.3, -0.25) is 24.1 Å². The number of nitrogens with zero attached hydrogens (tertiary/aromatic N) is 2. The minimum atomic E-state index is -0.364. The summed E-state index contributed by atoms with van der Waals surface area (Å²) < 4.78 is 1.81. The predicted molar refractivity (Wildman–Crippen MR) is 143 cm³/mol. The number of rotatable bonds is 6. The highest BCUT2D eigenvalue weighted by atomic mass is 32.2. The lowest BCUT2D eigenvalue weighted by molar-refractivity contribution is -0.124. The van der Waals surface area contributed by atoms with Crippen molar-refractivity contribution in [2.45, 2.75) is 13.5 Å². The van der Waals surface area contributed by atoms with Crippen molar-refractivity contribution in [1.82, 2.24) is 14.8 Å². The highest BCUT2D eigenvalue weighted by molar-refractivity contribution is 8.18. The molecule has 3 amide bonds. The number of pyridine rings is 1. The van der Waals surface area contributed by atoms with Crippen LogP contribution in [-0.2, 0) is 16.1 Å². The summed E-state index contributed by atoms with van der Waals surface area (Å²) in [6, 6.07) is 22.1. The summed E-state index contributed by atoms with van der Waals surface area (Å²) in [6.45, 7) is 2.18. The van der Waals surface area contributed by atoms with E-state index in [-0.39, 0.29) is 42.1 Å². The number of benzene rings is 3. The molecule has 0 spiro atoms. The molecular weight excluding hydrogens is 474 g/mol. The first-order valence-corrected chi connectivity index (χ1v) is 12.3. The number of thioether (sulfide) groups is 1. The molecule has 0 aliphatic carbocycles. The highest BCUT2D eigenvalue weighted by Crippen LogP contribution is 2.32. The Morgan fingerprint density at radius 1 is 0.889 bits per heavy atom. The van der Waals surface area contributed by atoms with Gasteiger partial charge in [-0.1, -0.05) is 54.1 Å². The van der Waals surface area contributed by atoms with Crippen molar-refractivity contribution < 1.29 is 14.4 Å². The molecule has 36 heavy (non-hydrogen) atoms. The number of hydrogen-bond donors (Lipinski definition) is 1. The molecule has 8 heteroatoms. The van der Waals surface area contributed by atoms with E-state index in [4.69, 9.17) is 0 Å². The maximum atomic E-state index is 12.9. The fraction of sp³-hybridized carbons (Fsp3) is 0.143. The van der Waals surface area contributed by atoms with Crippen LogP contribution in [0.3, 0.4) is 0 Å². The first kappa shape index (κ1) is 23.6. The standard InChI is InChI=1S/C28H23N3O4S/c1-18-10-12-19(13-11-18)16-24-27(34)30(28(35)36-24)15-14-29-25(32)17-31-22-8-4-2-6-20(22)26(33)21-7-3-5-9-23(21)31/h2-13,16H,14-15,17H2,1H3,(H,29,32)/b24-16-. The molecule has 3 aromatic carbocycles. The van der Waals surface area contributed by atoms with Crippen LogP contribution in [0.25, 0.3) is 27.9 Å². The average Bonchev–Trinajstić information content (AvgIpc) is 3.15. The summed E-state index contributed by atoms with van der Waals surface area (Å²) in [5, 5.41) is 3.53. The number of imide groups is 1. The Kier molecular flexibility index (Phi) is 6.43. The molecule has 0 unspecified atom stereocenters. The van der Waals surface area contributed by atoms with Crippen molar-refractivity contribution in [1.29, 1.82) is 0 Å². The molecule has 0 atom stereocenters. The number of hydrogen-bond acceptors (Lipinski definition) is 5. The molecule has 1 saturated heterocycles. The van der Waals surface area contributed by atoms with Gasteiger partial charge in [0.2, 0.25) is 5.91 Å². The lowest BCUT2D eigenvalue weighted by Gasteiger charge is -2.16. The molecule has 1 fully saturated rings. The topological polar surface area (TPSA) is 88.5 Å². The van der Waals surface area contributed by atoms with Gasteiger partial charge in [0, 0.05) is 23.9 Å². The summed E-state index contributed by atoms with van der Waals surface area (Å²) in [4.78, 5) is 52.4. The molecule has 4 aromatic rings. The zero-order valence-corrected chi connectivity index (χ0v) is 20.4. The molecular formula is C28H23N3O4S.